The summed E-state index contributed by atoms with van der Waals surface area (Å²) in [4.78, 5) is 33.5. The van der Waals surface area contributed by atoms with Crippen molar-refractivity contribution in [3.8, 4) is 0 Å². The van der Waals surface area contributed by atoms with Crippen LogP contribution in [0.3, 0.4) is 0 Å². The third-order valence-electron chi connectivity index (χ3n) is 3.87. The maximum absolute atomic E-state index is 12.6. The first-order valence-corrected chi connectivity index (χ1v) is 7.07. The molecule has 1 aliphatic heterocycles. The lowest BCUT2D eigenvalue weighted by Crippen LogP contribution is -2.34. The van der Waals surface area contributed by atoms with E-state index in [1.807, 2.05) is 12.1 Å². The van der Waals surface area contributed by atoms with Crippen molar-refractivity contribution in [3.63, 3.8) is 0 Å². The van der Waals surface area contributed by atoms with E-state index in [4.69, 9.17) is 0 Å². The number of hydrogen-bond acceptors (Lipinski definition) is 3. The molecule has 21 heavy (non-hydrogen) atoms. The molecule has 1 saturated heterocycles. The van der Waals surface area contributed by atoms with E-state index in [2.05, 4.69) is 9.97 Å². The lowest BCUT2D eigenvalue weighted by atomic mass is 10.1. The van der Waals surface area contributed by atoms with Gasteiger partial charge in [0.15, 0.2) is 5.43 Å². The first kappa shape index (κ1) is 13.5. The smallest absolute Gasteiger partial charge is 0.259 e. The summed E-state index contributed by atoms with van der Waals surface area (Å²) in [5, 5.41) is 0. The van der Waals surface area contributed by atoms with E-state index in [1.54, 1.807) is 24.2 Å². The van der Waals surface area contributed by atoms with Crippen molar-refractivity contribution < 1.29 is 4.79 Å². The van der Waals surface area contributed by atoms with Crippen LogP contribution in [0, 0.1) is 6.92 Å². The average molecular weight is 283 g/mol. The molecule has 5 nitrogen and oxygen atoms in total. The predicted molar refractivity (Wildman–Crippen MR) is 79.0 cm³/mol. The molecule has 1 N–H and O–H groups in total. The van der Waals surface area contributed by atoms with E-state index < -0.39 is 0 Å². The molecule has 0 radical (unpaired) electrons. The van der Waals surface area contributed by atoms with E-state index in [-0.39, 0.29) is 22.9 Å². The molecule has 2 aromatic heterocycles. The minimum absolute atomic E-state index is 0.00639. The van der Waals surface area contributed by atoms with Crippen LogP contribution < -0.4 is 5.43 Å². The van der Waals surface area contributed by atoms with Crippen LogP contribution in [-0.2, 0) is 0 Å². The van der Waals surface area contributed by atoms with Crippen LogP contribution in [0.15, 0.2) is 41.6 Å². The van der Waals surface area contributed by atoms with Crippen LogP contribution >= 0.6 is 0 Å². The summed E-state index contributed by atoms with van der Waals surface area (Å²) in [6.45, 7) is 2.47. The molecule has 1 aliphatic rings. The second-order valence-electron chi connectivity index (χ2n) is 5.34. The minimum Gasteiger partial charge on any atom is -0.364 e. The van der Waals surface area contributed by atoms with Gasteiger partial charge in [-0.25, -0.2) is 0 Å². The number of H-pyrrole nitrogens is 1. The third-order valence-corrected chi connectivity index (χ3v) is 3.87. The monoisotopic (exact) mass is 283 g/mol. The lowest BCUT2D eigenvalue weighted by Gasteiger charge is -2.24. The number of aromatic nitrogens is 2. The molecule has 0 aromatic carbocycles. The van der Waals surface area contributed by atoms with Crippen LogP contribution in [0.25, 0.3) is 0 Å². The number of aryl methyl sites for hydroxylation is 1. The van der Waals surface area contributed by atoms with Gasteiger partial charge in [0.05, 0.1) is 6.04 Å². The lowest BCUT2D eigenvalue weighted by molar-refractivity contribution is 0.0733. The summed E-state index contributed by atoms with van der Waals surface area (Å²) in [5.41, 5.74) is 1.75. The normalized spacial score (nSPS) is 18.0. The van der Waals surface area contributed by atoms with Crippen molar-refractivity contribution in [1.82, 2.24) is 14.9 Å². The van der Waals surface area contributed by atoms with E-state index in [0.717, 1.165) is 24.1 Å². The average Bonchev–Trinajstić information content (AvgIpc) is 2.97. The summed E-state index contributed by atoms with van der Waals surface area (Å²) in [5.74, 6) is -0.206. The van der Waals surface area contributed by atoms with Crippen LogP contribution in [0.1, 0.15) is 40.5 Å². The number of amides is 1. The Morgan fingerprint density at radius 3 is 3.05 bits per heavy atom. The number of nitrogens with zero attached hydrogens (tertiary/aromatic N) is 2. The van der Waals surface area contributed by atoms with Gasteiger partial charge in [-0.2, -0.15) is 0 Å². The minimum atomic E-state index is -0.229. The van der Waals surface area contributed by atoms with Gasteiger partial charge in [-0.05, 0) is 31.4 Å². The Balaban J connectivity index is 1.92. The number of rotatable bonds is 2. The van der Waals surface area contributed by atoms with Crippen molar-refractivity contribution in [1.29, 1.82) is 0 Å². The summed E-state index contributed by atoms with van der Waals surface area (Å²) >= 11 is 0. The molecule has 0 spiro atoms. The Labute approximate surface area is 122 Å². The molecular weight excluding hydrogens is 266 g/mol. The number of hydrogen-bond donors (Lipinski definition) is 1. The highest BCUT2D eigenvalue weighted by Crippen LogP contribution is 2.32. The first-order chi connectivity index (χ1) is 10.2. The molecule has 1 unspecified atom stereocenters. The standard InChI is InChI=1S/C16H17N3O2/c1-11-8-15(20)13(10-18-11)16(21)19-7-3-5-14(19)12-4-2-6-17-9-12/h2,4,6,8-10,14H,3,5,7H2,1H3,(H,18,20). The number of pyridine rings is 2. The highest BCUT2D eigenvalue weighted by molar-refractivity contribution is 5.94. The highest BCUT2D eigenvalue weighted by atomic mass is 16.2. The Kier molecular flexibility index (Phi) is 3.56. The number of likely N-dealkylation sites (tertiary alicyclic amines) is 1. The molecule has 1 amide bonds. The van der Waals surface area contributed by atoms with E-state index in [1.165, 1.54) is 12.3 Å². The Bertz CT molecular complexity index is 709. The van der Waals surface area contributed by atoms with Crippen molar-refractivity contribution in [2.45, 2.75) is 25.8 Å². The molecule has 1 atom stereocenters. The van der Waals surface area contributed by atoms with E-state index in [0.29, 0.717) is 6.54 Å². The molecular formula is C16H17N3O2. The zero-order chi connectivity index (χ0) is 14.8. The van der Waals surface area contributed by atoms with Gasteiger partial charge in [0.1, 0.15) is 5.56 Å². The van der Waals surface area contributed by atoms with Crippen LogP contribution in [0.4, 0.5) is 0 Å². The van der Waals surface area contributed by atoms with Crippen molar-refractivity contribution >= 4 is 5.91 Å². The summed E-state index contributed by atoms with van der Waals surface area (Å²) in [6, 6.07) is 5.31. The van der Waals surface area contributed by atoms with Crippen molar-refractivity contribution in [2.75, 3.05) is 6.54 Å². The maximum atomic E-state index is 12.6. The Morgan fingerprint density at radius 1 is 1.48 bits per heavy atom. The number of aromatic amines is 1. The maximum Gasteiger partial charge on any atom is 0.259 e. The zero-order valence-corrected chi connectivity index (χ0v) is 11.9. The van der Waals surface area contributed by atoms with Gasteiger partial charge in [0, 0.05) is 36.9 Å². The quantitative estimate of drug-likeness (QED) is 0.917. The third kappa shape index (κ3) is 2.59. The van der Waals surface area contributed by atoms with E-state index in [9.17, 15) is 9.59 Å². The van der Waals surface area contributed by atoms with Crippen LogP contribution in [0.2, 0.25) is 0 Å². The molecule has 3 heterocycles. The first-order valence-electron chi connectivity index (χ1n) is 7.07. The van der Waals surface area contributed by atoms with Crippen molar-refractivity contribution in [2.24, 2.45) is 0 Å². The fourth-order valence-electron chi connectivity index (χ4n) is 2.82. The van der Waals surface area contributed by atoms with Gasteiger partial charge in [-0.1, -0.05) is 6.07 Å². The highest BCUT2D eigenvalue weighted by Gasteiger charge is 2.31. The predicted octanol–water partition coefficient (Wildman–Crippen LogP) is 2.06. The van der Waals surface area contributed by atoms with Gasteiger partial charge in [-0.3, -0.25) is 14.6 Å². The SMILES string of the molecule is Cc1cc(=O)c(C(=O)N2CCCC2c2cccnc2)c[nH]1. The van der Waals surface area contributed by atoms with Gasteiger partial charge < -0.3 is 9.88 Å². The molecule has 0 saturated carbocycles. The zero-order valence-electron chi connectivity index (χ0n) is 11.9. The topological polar surface area (TPSA) is 66.1 Å². The molecule has 3 rings (SSSR count). The Morgan fingerprint density at radius 2 is 2.33 bits per heavy atom. The molecule has 108 valence electrons. The fourth-order valence-corrected chi connectivity index (χ4v) is 2.82. The van der Waals surface area contributed by atoms with Gasteiger partial charge >= 0.3 is 0 Å². The van der Waals surface area contributed by atoms with E-state index >= 15 is 0 Å². The number of carbonyl (C=O) groups excluding carboxylic acids is 1. The summed E-state index contributed by atoms with van der Waals surface area (Å²) < 4.78 is 0. The number of nitrogens with one attached hydrogen (secondary N) is 1. The fraction of sp³-hybridized carbons (Fsp3) is 0.312. The second kappa shape index (κ2) is 5.52. The molecule has 0 bridgehead atoms. The van der Waals surface area contributed by atoms with Crippen LogP contribution in [0.5, 0.6) is 0 Å². The van der Waals surface area contributed by atoms with Gasteiger partial charge in [0.2, 0.25) is 0 Å². The molecule has 0 aliphatic carbocycles. The largest absolute Gasteiger partial charge is 0.364 e. The molecule has 2 aromatic rings. The Hall–Kier alpha value is -2.43. The van der Waals surface area contributed by atoms with Crippen LogP contribution in [-0.4, -0.2) is 27.3 Å². The molecule has 5 heteroatoms. The summed E-state index contributed by atoms with van der Waals surface area (Å²) in [6.07, 6.45) is 6.86. The second-order valence-corrected chi connectivity index (χ2v) is 5.34. The van der Waals surface area contributed by atoms with Gasteiger partial charge in [0.25, 0.3) is 5.91 Å². The van der Waals surface area contributed by atoms with Crippen molar-refractivity contribution in [3.05, 3.63) is 63.8 Å². The molecule has 1 fully saturated rings. The van der Waals surface area contributed by atoms with Gasteiger partial charge in [-0.15, -0.1) is 0 Å². The summed E-state index contributed by atoms with van der Waals surface area (Å²) in [7, 11) is 0. The number of carbonyl (C=O) groups is 1.